The van der Waals surface area contributed by atoms with Gasteiger partial charge in [-0.05, 0) is 34.4 Å². The van der Waals surface area contributed by atoms with E-state index in [1.807, 2.05) is 30.3 Å². The summed E-state index contributed by atoms with van der Waals surface area (Å²) in [6.45, 7) is 0. The van der Waals surface area contributed by atoms with Gasteiger partial charge in [-0.25, -0.2) is 0 Å². The normalized spacial score (nSPS) is 30.6. The topological polar surface area (TPSA) is 46.2 Å². The van der Waals surface area contributed by atoms with E-state index >= 15 is 0 Å². The minimum atomic E-state index is -0.307. The molecule has 0 saturated carbocycles. The number of halogens is 1. The first-order valence-electron chi connectivity index (χ1n) is 7.39. The molecule has 1 fully saturated rings. The van der Waals surface area contributed by atoms with Gasteiger partial charge in [0.25, 0.3) is 0 Å². The molecule has 4 atom stereocenters. The second kappa shape index (κ2) is 3.99. The second-order valence-corrected chi connectivity index (χ2v) is 6.70. The zero-order chi connectivity index (χ0) is 15.0. The lowest BCUT2D eigenvalue weighted by molar-refractivity contribution is -0.126. The van der Waals surface area contributed by atoms with Gasteiger partial charge in [-0.3, -0.25) is 14.9 Å². The number of carbonyl (C=O) groups excluding carboxylic acids is 2. The summed E-state index contributed by atoms with van der Waals surface area (Å²) < 4.78 is 0. The molecule has 4 aliphatic rings. The van der Waals surface area contributed by atoms with E-state index in [-0.39, 0.29) is 35.5 Å². The van der Waals surface area contributed by atoms with Gasteiger partial charge in [0.05, 0.1) is 11.8 Å². The SMILES string of the molecule is O=C1NC(=O)[C@H]2[C@@H]3c4ccccc4[C@@H](c4cc(Cl)ccc43)[C@@H]12. The van der Waals surface area contributed by atoms with Crippen LogP contribution in [-0.4, -0.2) is 11.8 Å². The highest BCUT2D eigenvalue weighted by molar-refractivity contribution is 6.30. The van der Waals surface area contributed by atoms with Gasteiger partial charge in [-0.15, -0.1) is 0 Å². The van der Waals surface area contributed by atoms with Gasteiger partial charge in [0.15, 0.2) is 0 Å². The highest BCUT2D eigenvalue weighted by atomic mass is 35.5. The van der Waals surface area contributed by atoms with Crippen molar-refractivity contribution in [3.05, 3.63) is 69.7 Å². The Morgan fingerprint density at radius 3 is 1.95 bits per heavy atom. The molecule has 3 aliphatic carbocycles. The Morgan fingerprint density at radius 1 is 0.773 bits per heavy atom. The fraction of sp³-hybridized carbons (Fsp3) is 0.222. The number of amides is 2. The van der Waals surface area contributed by atoms with Crippen molar-refractivity contribution in [3.8, 4) is 0 Å². The molecule has 2 aromatic rings. The molecule has 108 valence electrons. The minimum Gasteiger partial charge on any atom is -0.296 e. The van der Waals surface area contributed by atoms with Crippen LogP contribution in [0.3, 0.4) is 0 Å². The second-order valence-electron chi connectivity index (χ2n) is 6.26. The molecule has 0 unspecified atom stereocenters. The zero-order valence-electron chi connectivity index (χ0n) is 11.5. The van der Waals surface area contributed by atoms with Crippen LogP contribution in [0.5, 0.6) is 0 Å². The van der Waals surface area contributed by atoms with E-state index in [9.17, 15) is 9.59 Å². The molecule has 0 radical (unpaired) electrons. The monoisotopic (exact) mass is 309 g/mol. The van der Waals surface area contributed by atoms with Gasteiger partial charge < -0.3 is 0 Å². The third-order valence-corrected chi connectivity index (χ3v) is 5.58. The average molecular weight is 310 g/mol. The number of hydrogen-bond acceptors (Lipinski definition) is 2. The molecule has 1 heterocycles. The standard InChI is InChI=1S/C18H12ClNO2/c19-8-5-6-11-12(7-8)14-10-4-2-1-3-9(10)13(11)15-16(14)18(22)20-17(15)21/h1-7,13-16H,(H,20,21,22)/t13-,14+,15+,16-/m1/s1. The molecule has 1 saturated heterocycles. The van der Waals surface area contributed by atoms with Gasteiger partial charge in [0.2, 0.25) is 11.8 Å². The Morgan fingerprint density at radius 2 is 1.32 bits per heavy atom. The van der Waals surface area contributed by atoms with Crippen LogP contribution in [0.2, 0.25) is 5.02 Å². The van der Waals surface area contributed by atoms with Crippen LogP contribution >= 0.6 is 11.6 Å². The highest BCUT2D eigenvalue weighted by Gasteiger charge is 2.58. The van der Waals surface area contributed by atoms with Crippen molar-refractivity contribution in [2.24, 2.45) is 11.8 Å². The van der Waals surface area contributed by atoms with Crippen molar-refractivity contribution in [1.82, 2.24) is 5.32 Å². The highest BCUT2D eigenvalue weighted by Crippen LogP contribution is 2.59. The van der Waals surface area contributed by atoms with E-state index in [4.69, 9.17) is 11.6 Å². The Balaban J connectivity index is 1.87. The van der Waals surface area contributed by atoms with Gasteiger partial charge in [0, 0.05) is 16.9 Å². The van der Waals surface area contributed by atoms with Crippen LogP contribution in [0.1, 0.15) is 34.1 Å². The maximum absolute atomic E-state index is 12.3. The lowest BCUT2D eigenvalue weighted by atomic mass is 9.55. The van der Waals surface area contributed by atoms with E-state index in [2.05, 4.69) is 17.4 Å². The lowest BCUT2D eigenvalue weighted by Crippen LogP contribution is -2.41. The summed E-state index contributed by atoms with van der Waals surface area (Å²) in [5, 5.41) is 3.20. The molecule has 0 aromatic heterocycles. The Bertz CT molecular complexity index is 860. The lowest BCUT2D eigenvalue weighted by Gasteiger charge is -2.46. The molecular formula is C18H12ClNO2. The molecule has 3 nitrogen and oxygen atoms in total. The maximum Gasteiger partial charge on any atom is 0.231 e. The van der Waals surface area contributed by atoms with Crippen molar-refractivity contribution in [1.29, 1.82) is 0 Å². The fourth-order valence-electron chi connectivity index (χ4n) is 4.62. The molecular weight excluding hydrogens is 298 g/mol. The zero-order valence-corrected chi connectivity index (χ0v) is 12.3. The third kappa shape index (κ3) is 1.33. The molecule has 0 spiro atoms. The molecule has 22 heavy (non-hydrogen) atoms. The van der Waals surface area contributed by atoms with Gasteiger partial charge in [-0.1, -0.05) is 41.9 Å². The first kappa shape index (κ1) is 12.4. The first-order chi connectivity index (χ1) is 10.7. The van der Waals surface area contributed by atoms with E-state index in [0.717, 1.165) is 16.7 Å². The summed E-state index contributed by atoms with van der Waals surface area (Å²) in [6, 6.07) is 14.0. The number of benzene rings is 2. The Hall–Kier alpha value is -2.13. The van der Waals surface area contributed by atoms with Crippen molar-refractivity contribution in [2.45, 2.75) is 11.8 Å². The molecule has 2 aromatic carbocycles. The van der Waals surface area contributed by atoms with Crippen LogP contribution in [-0.2, 0) is 9.59 Å². The summed E-state index contributed by atoms with van der Waals surface area (Å²) in [6.07, 6.45) is 0. The van der Waals surface area contributed by atoms with Crippen molar-refractivity contribution in [2.75, 3.05) is 0 Å². The van der Waals surface area contributed by atoms with Crippen LogP contribution in [0.15, 0.2) is 42.5 Å². The number of carbonyl (C=O) groups is 2. The molecule has 4 heteroatoms. The minimum absolute atomic E-state index is 0.0510. The maximum atomic E-state index is 12.3. The quantitative estimate of drug-likeness (QED) is 0.761. The fourth-order valence-corrected chi connectivity index (χ4v) is 4.80. The Labute approximate surface area is 132 Å². The first-order valence-corrected chi connectivity index (χ1v) is 7.77. The van der Waals surface area contributed by atoms with Crippen molar-refractivity contribution in [3.63, 3.8) is 0 Å². The summed E-state index contributed by atoms with van der Waals surface area (Å²) in [7, 11) is 0. The van der Waals surface area contributed by atoms with E-state index < -0.39 is 0 Å². The summed E-state index contributed by atoms with van der Waals surface area (Å²) in [4.78, 5) is 24.7. The number of hydrogen-bond donors (Lipinski definition) is 1. The van der Waals surface area contributed by atoms with Gasteiger partial charge >= 0.3 is 0 Å². The van der Waals surface area contributed by atoms with Gasteiger partial charge in [-0.2, -0.15) is 0 Å². The van der Waals surface area contributed by atoms with Crippen LogP contribution in [0, 0.1) is 11.8 Å². The van der Waals surface area contributed by atoms with Gasteiger partial charge in [0.1, 0.15) is 0 Å². The van der Waals surface area contributed by atoms with Crippen molar-refractivity contribution < 1.29 is 9.59 Å². The van der Waals surface area contributed by atoms with E-state index in [1.165, 1.54) is 5.56 Å². The average Bonchev–Trinajstić information content (AvgIpc) is 2.82. The van der Waals surface area contributed by atoms with Crippen LogP contribution < -0.4 is 5.32 Å². The van der Waals surface area contributed by atoms with E-state index in [0.29, 0.717) is 5.02 Å². The number of rotatable bonds is 0. The summed E-state index contributed by atoms with van der Waals surface area (Å²) >= 11 is 6.18. The Kier molecular flexibility index (Phi) is 2.25. The predicted molar refractivity (Wildman–Crippen MR) is 81.7 cm³/mol. The smallest absolute Gasteiger partial charge is 0.231 e. The number of imide groups is 1. The molecule has 2 amide bonds. The van der Waals surface area contributed by atoms with Crippen LogP contribution in [0.25, 0.3) is 0 Å². The van der Waals surface area contributed by atoms with E-state index in [1.54, 1.807) is 0 Å². The van der Waals surface area contributed by atoms with Crippen molar-refractivity contribution >= 4 is 23.4 Å². The van der Waals surface area contributed by atoms with Crippen LogP contribution in [0.4, 0.5) is 0 Å². The predicted octanol–water partition coefficient (Wildman–Crippen LogP) is 2.82. The molecule has 1 N–H and O–H groups in total. The summed E-state index contributed by atoms with van der Waals surface area (Å²) in [5.74, 6) is -1.01. The number of nitrogens with one attached hydrogen (secondary N) is 1. The summed E-state index contributed by atoms with van der Waals surface area (Å²) in [5.41, 5.74) is 4.57. The molecule has 6 rings (SSSR count). The third-order valence-electron chi connectivity index (χ3n) is 5.34. The molecule has 2 bridgehead atoms. The molecule has 1 aliphatic heterocycles. The largest absolute Gasteiger partial charge is 0.296 e.